The average Bonchev–Trinajstić information content (AvgIpc) is 2.69. The van der Waals surface area contributed by atoms with Crippen LogP contribution < -0.4 is 14.4 Å². The lowest BCUT2D eigenvalue weighted by Crippen LogP contribution is -2.27. The highest BCUT2D eigenvalue weighted by Gasteiger charge is 2.43. The first-order valence-corrected chi connectivity index (χ1v) is 11.2. The van der Waals surface area contributed by atoms with Crippen LogP contribution in [0.15, 0.2) is 84.9 Å². The van der Waals surface area contributed by atoms with Crippen molar-refractivity contribution in [1.29, 1.82) is 0 Å². The second kappa shape index (κ2) is 7.77. The van der Waals surface area contributed by atoms with Gasteiger partial charge in [0.25, 0.3) is 0 Å². The summed E-state index contributed by atoms with van der Waals surface area (Å²) in [5, 5.41) is 2.60. The van der Waals surface area contributed by atoms with Crippen LogP contribution in [0.3, 0.4) is 0 Å². The number of fused-ring (bicyclic) bond motifs is 1. The van der Waals surface area contributed by atoms with Crippen LogP contribution in [0.4, 0.5) is 5.69 Å². The molecule has 3 aromatic carbocycles. The number of para-hydroxylation sites is 3. The van der Waals surface area contributed by atoms with E-state index >= 15 is 0 Å². The second-order valence-electron chi connectivity index (χ2n) is 5.80. The van der Waals surface area contributed by atoms with Gasteiger partial charge in [0, 0.05) is 11.3 Å². The topological polar surface area (TPSA) is 47.6 Å². The first kappa shape index (κ1) is 18.1. The van der Waals surface area contributed by atoms with Gasteiger partial charge in [-0.3, -0.25) is 0 Å². The molecule has 1 aliphatic rings. The van der Waals surface area contributed by atoms with Crippen molar-refractivity contribution in [3.05, 3.63) is 90.5 Å². The van der Waals surface area contributed by atoms with Crippen LogP contribution in [0.25, 0.3) is 0 Å². The molecule has 4 rings (SSSR count). The van der Waals surface area contributed by atoms with E-state index in [9.17, 15) is 4.57 Å². The van der Waals surface area contributed by atoms with Gasteiger partial charge in [-0.25, -0.2) is 4.57 Å². The lowest BCUT2D eigenvalue weighted by molar-refractivity contribution is 0.385. The summed E-state index contributed by atoms with van der Waals surface area (Å²) in [7, 11) is -3.67. The zero-order chi connectivity index (χ0) is 18.7. The first-order chi connectivity index (χ1) is 13.1. The number of thioether (sulfide) groups is 1. The van der Waals surface area contributed by atoms with E-state index in [1.165, 1.54) is 11.8 Å². The highest BCUT2D eigenvalue weighted by molar-refractivity contribution is 8.26. The fourth-order valence-electron chi connectivity index (χ4n) is 2.63. The number of hydrogen-bond donors (Lipinski definition) is 1. The SMILES string of the molecule is O=P(Oc1ccccc1)(Oc1ccccc1)C1Nc2ccccc2C(=S)S1. The number of benzene rings is 3. The summed E-state index contributed by atoms with van der Waals surface area (Å²) in [4.78, 5) is 0. The molecule has 136 valence electrons. The van der Waals surface area contributed by atoms with Gasteiger partial charge in [0.15, 0.2) is 0 Å². The van der Waals surface area contributed by atoms with E-state index < -0.39 is 12.7 Å². The summed E-state index contributed by atoms with van der Waals surface area (Å²) in [6, 6.07) is 25.7. The third-order valence-electron chi connectivity index (χ3n) is 3.88. The van der Waals surface area contributed by atoms with Gasteiger partial charge < -0.3 is 14.4 Å². The molecule has 1 unspecified atom stereocenters. The Labute approximate surface area is 167 Å². The van der Waals surface area contributed by atoms with Crippen LogP contribution in [-0.2, 0) is 4.57 Å². The molecule has 3 aromatic rings. The van der Waals surface area contributed by atoms with Gasteiger partial charge in [0.05, 0.1) is 4.20 Å². The van der Waals surface area contributed by atoms with Crippen molar-refractivity contribution in [2.24, 2.45) is 0 Å². The molecule has 1 N–H and O–H groups in total. The van der Waals surface area contributed by atoms with Gasteiger partial charge in [-0.2, -0.15) is 0 Å². The van der Waals surface area contributed by atoms with E-state index in [-0.39, 0.29) is 0 Å². The van der Waals surface area contributed by atoms with Crippen molar-refractivity contribution in [3.63, 3.8) is 0 Å². The molecule has 0 radical (unpaired) electrons. The summed E-state index contributed by atoms with van der Waals surface area (Å²) in [6.45, 7) is 0. The van der Waals surface area contributed by atoms with Crippen molar-refractivity contribution in [2.45, 2.75) is 5.11 Å². The van der Waals surface area contributed by atoms with Gasteiger partial charge in [0.2, 0.25) is 5.11 Å². The summed E-state index contributed by atoms with van der Waals surface area (Å²) in [5.74, 6) is 0.952. The van der Waals surface area contributed by atoms with E-state index in [1.54, 1.807) is 24.3 Å². The van der Waals surface area contributed by atoms with E-state index in [2.05, 4.69) is 5.32 Å². The lowest BCUT2D eigenvalue weighted by atomic mass is 10.2. The molecule has 0 saturated heterocycles. The van der Waals surface area contributed by atoms with Gasteiger partial charge >= 0.3 is 7.60 Å². The monoisotopic (exact) mass is 413 g/mol. The van der Waals surface area contributed by atoms with Crippen LogP contribution in [0.1, 0.15) is 5.56 Å². The first-order valence-electron chi connectivity index (χ1n) is 8.30. The number of hydrogen-bond acceptors (Lipinski definition) is 6. The Kier molecular flexibility index (Phi) is 5.21. The predicted octanol–water partition coefficient (Wildman–Crippen LogP) is 6.16. The number of nitrogens with one attached hydrogen (secondary N) is 1. The predicted molar refractivity (Wildman–Crippen MR) is 115 cm³/mol. The van der Waals surface area contributed by atoms with Gasteiger partial charge in [-0.15, -0.1) is 0 Å². The van der Waals surface area contributed by atoms with Crippen molar-refractivity contribution in [3.8, 4) is 11.5 Å². The largest absolute Gasteiger partial charge is 0.463 e. The Morgan fingerprint density at radius 3 is 1.93 bits per heavy atom. The maximum absolute atomic E-state index is 13.9. The Morgan fingerprint density at radius 1 is 0.815 bits per heavy atom. The minimum atomic E-state index is -3.67. The molecule has 0 bridgehead atoms. The molecular weight excluding hydrogens is 397 g/mol. The third-order valence-corrected chi connectivity index (χ3v) is 7.89. The molecule has 1 heterocycles. The number of thiocarbonyl (C=S) groups is 1. The second-order valence-corrected chi connectivity index (χ2v) is 9.89. The maximum Gasteiger partial charge on any atom is 0.463 e. The molecule has 0 aliphatic carbocycles. The van der Waals surface area contributed by atoms with Crippen molar-refractivity contribution < 1.29 is 13.6 Å². The molecule has 1 aliphatic heterocycles. The maximum atomic E-state index is 13.9. The third kappa shape index (κ3) is 4.03. The van der Waals surface area contributed by atoms with Crippen LogP contribution in [0, 0.1) is 0 Å². The molecule has 27 heavy (non-hydrogen) atoms. The number of anilines is 1. The summed E-state index contributed by atoms with van der Waals surface area (Å²) < 4.78 is 26.3. The van der Waals surface area contributed by atoms with Gasteiger partial charge in [-0.1, -0.05) is 78.6 Å². The van der Waals surface area contributed by atoms with Gasteiger partial charge in [0.1, 0.15) is 11.5 Å². The lowest BCUT2D eigenvalue weighted by Gasteiger charge is -2.32. The molecule has 1 atom stereocenters. The van der Waals surface area contributed by atoms with E-state index in [4.69, 9.17) is 21.3 Å². The highest BCUT2D eigenvalue weighted by atomic mass is 32.2. The Hall–Kier alpha value is -2.27. The van der Waals surface area contributed by atoms with Crippen LogP contribution in [0.5, 0.6) is 11.5 Å². The van der Waals surface area contributed by atoms with Crippen LogP contribution >= 0.6 is 31.6 Å². The standard InChI is InChI=1S/C20H16NO3PS2/c22-25(23-15-9-3-1-4-10-15,24-16-11-5-2-6-12-16)20-21-18-14-8-7-13-17(18)19(26)27-20/h1-14,20-21H. The Bertz CT molecular complexity index is 953. The zero-order valence-corrected chi connectivity index (χ0v) is 16.7. The molecule has 0 amide bonds. The minimum Gasteiger partial charge on any atom is -0.414 e. The fraction of sp³-hybridized carbons (Fsp3) is 0.0500. The van der Waals surface area contributed by atoms with Gasteiger partial charge in [-0.05, 0) is 30.3 Å². The molecule has 4 nitrogen and oxygen atoms in total. The molecule has 0 aromatic heterocycles. The van der Waals surface area contributed by atoms with Crippen molar-refractivity contribution >= 4 is 41.5 Å². The average molecular weight is 413 g/mol. The molecule has 0 saturated carbocycles. The van der Waals surface area contributed by atoms with E-state index in [0.29, 0.717) is 15.7 Å². The zero-order valence-electron chi connectivity index (χ0n) is 14.1. The van der Waals surface area contributed by atoms with Crippen LogP contribution in [-0.4, -0.2) is 9.31 Å². The summed E-state index contributed by atoms with van der Waals surface area (Å²) >= 11 is 6.81. The summed E-state index contributed by atoms with van der Waals surface area (Å²) in [5.41, 5.74) is 1.74. The van der Waals surface area contributed by atoms with Crippen molar-refractivity contribution in [2.75, 3.05) is 5.32 Å². The smallest absolute Gasteiger partial charge is 0.414 e. The number of rotatable bonds is 5. The molecule has 7 heteroatoms. The highest BCUT2D eigenvalue weighted by Crippen LogP contribution is 2.58. The molecular formula is C20H16NO3PS2. The Morgan fingerprint density at radius 2 is 1.33 bits per heavy atom. The normalized spacial score (nSPS) is 16.1. The summed E-state index contributed by atoms with van der Waals surface area (Å²) in [6.07, 6.45) is 0. The Balaban J connectivity index is 1.69. The molecule has 0 spiro atoms. The van der Waals surface area contributed by atoms with Crippen molar-refractivity contribution in [1.82, 2.24) is 0 Å². The fourth-order valence-corrected chi connectivity index (χ4v) is 6.45. The molecule has 0 fully saturated rings. The van der Waals surface area contributed by atoms with E-state index in [1.807, 2.05) is 60.7 Å². The van der Waals surface area contributed by atoms with E-state index in [0.717, 1.165) is 11.3 Å². The quantitative estimate of drug-likeness (QED) is 0.400. The van der Waals surface area contributed by atoms with Crippen LogP contribution in [0.2, 0.25) is 0 Å². The minimum absolute atomic E-state index is 0.476.